The van der Waals surface area contributed by atoms with E-state index in [9.17, 15) is 8.60 Å². The molecule has 2 heterocycles. The summed E-state index contributed by atoms with van der Waals surface area (Å²) in [6.45, 7) is 1.64. The highest BCUT2D eigenvalue weighted by Crippen LogP contribution is 2.30. The maximum atomic E-state index is 14.0. The summed E-state index contributed by atoms with van der Waals surface area (Å²) in [6.07, 6.45) is 3.87. The number of halogens is 1. The molecule has 2 atom stereocenters. The normalized spacial score (nSPS) is 20.9. The van der Waals surface area contributed by atoms with Crippen LogP contribution < -0.4 is 9.47 Å². The maximum Gasteiger partial charge on any atom is 0.165 e. The molecular formula is C16H20FN3O3S. The molecule has 1 aromatic carbocycles. The summed E-state index contributed by atoms with van der Waals surface area (Å²) in [5.41, 5.74) is 0.599. The summed E-state index contributed by atoms with van der Waals surface area (Å²) in [7, 11) is -1.25. The molecule has 1 aromatic heterocycles. The monoisotopic (exact) mass is 353 g/mol. The first kappa shape index (κ1) is 16.9. The standard InChI is InChI=1S/C16H20FN3O3S/c1-22-16-8-14-12(7-13(16)17)15(3-5-19-14)23-10-11-4-6-20(9-11)24(2,18)21/h3,5,7-8,11,18H,4,6,9-10H2,1-2H3/t11-,24-/m1/s1. The van der Waals surface area contributed by atoms with Gasteiger partial charge < -0.3 is 9.47 Å². The summed E-state index contributed by atoms with van der Waals surface area (Å²) in [4.78, 5) is 4.22. The zero-order valence-corrected chi connectivity index (χ0v) is 14.4. The average molecular weight is 353 g/mol. The second-order valence-corrected chi connectivity index (χ2v) is 8.09. The molecule has 0 bridgehead atoms. The van der Waals surface area contributed by atoms with E-state index in [1.54, 1.807) is 22.6 Å². The number of nitrogens with one attached hydrogen (secondary N) is 1. The third kappa shape index (κ3) is 3.44. The van der Waals surface area contributed by atoms with Crippen LogP contribution in [0.3, 0.4) is 0 Å². The Morgan fingerprint density at radius 2 is 2.25 bits per heavy atom. The number of nitrogens with zero attached hydrogens (tertiary/aromatic N) is 2. The first-order chi connectivity index (χ1) is 11.4. The van der Waals surface area contributed by atoms with E-state index in [1.807, 2.05) is 0 Å². The molecule has 1 aliphatic heterocycles. The molecule has 1 aliphatic rings. The molecule has 8 heteroatoms. The molecule has 0 aliphatic carbocycles. The Morgan fingerprint density at radius 1 is 1.46 bits per heavy atom. The van der Waals surface area contributed by atoms with Crippen LogP contribution in [-0.2, 0) is 9.92 Å². The second-order valence-electron chi connectivity index (χ2n) is 5.97. The van der Waals surface area contributed by atoms with Gasteiger partial charge in [0, 0.05) is 42.9 Å². The van der Waals surface area contributed by atoms with Crippen LogP contribution >= 0.6 is 0 Å². The number of ether oxygens (including phenoxy) is 2. The third-order valence-electron chi connectivity index (χ3n) is 4.19. The summed E-state index contributed by atoms with van der Waals surface area (Å²) in [5.74, 6) is 0.437. The summed E-state index contributed by atoms with van der Waals surface area (Å²) in [6, 6.07) is 4.61. The number of benzene rings is 1. The smallest absolute Gasteiger partial charge is 0.165 e. The van der Waals surface area contributed by atoms with Crippen molar-refractivity contribution in [3.8, 4) is 11.5 Å². The number of pyridine rings is 1. The number of methoxy groups -OCH3 is 1. The van der Waals surface area contributed by atoms with Crippen molar-refractivity contribution < 1.29 is 18.1 Å². The largest absolute Gasteiger partial charge is 0.494 e. The van der Waals surface area contributed by atoms with Crippen molar-refractivity contribution >= 4 is 20.8 Å². The fourth-order valence-corrected chi connectivity index (χ4v) is 3.81. The fourth-order valence-electron chi connectivity index (χ4n) is 2.86. The number of rotatable bonds is 5. The van der Waals surface area contributed by atoms with Gasteiger partial charge in [-0.1, -0.05) is 0 Å². The molecule has 24 heavy (non-hydrogen) atoms. The zero-order chi connectivity index (χ0) is 17.3. The van der Waals surface area contributed by atoms with Crippen molar-refractivity contribution in [3.05, 3.63) is 30.2 Å². The van der Waals surface area contributed by atoms with E-state index < -0.39 is 15.7 Å². The number of hydrogen-bond acceptors (Lipinski definition) is 5. The summed E-state index contributed by atoms with van der Waals surface area (Å²) in [5, 5.41) is 0.588. The minimum atomic E-state index is -2.66. The number of aromatic nitrogens is 1. The SMILES string of the molecule is COc1cc2nccc(OC[C@@H]3CCN([S@@](C)(=N)=O)C3)c2cc1F. The third-order valence-corrected chi connectivity index (χ3v) is 5.51. The predicted molar refractivity (Wildman–Crippen MR) is 90.2 cm³/mol. The average Bonchev–Trinajstić information content (AvgIpc) is 3.01. The van der Waals surface area contributed by atoms with Gasteiger partial charge in [0.2, 0.25) is 0 Å². The van der Waals surface area contributed by atoms with Gasteiger partial charge in [0.1, 0.15) is 15.7 Å². The van der Waals surface area contributed by atoms with E-state index in [2.05, 4.69) is 4.98 Å². The van der Waals surface area contributed by atoms with Crippen LogP contribution in [-0.4, -0.2) is 46.6 Å². The Labute approximate surface area is 140 Å². The van der Waals surface area contributed by atoms with Crippen molar-refractivity contribution in [1.29, 1.82) is 4.78 Å². The number of fused-ring (bicyclic) bond motifs is 1. The molecule has 1 saturated heterocycles. The van der Waals surface area contributed by atoms with E-state index >= 15 is 0 Å². The van der Waals surface area contributed by atoms with Gasteiger partial charge in [0.05, 0.1) is 19.2 Å². The van der Waals surface area contributed by atoms with Gasteiger partial charge >= 0.3 is 0 Å². The van der Waals surface area contributed by atoms with Crippen LogP contribution in [0.2, 0.25) is 0 Å². The highest BCUT2D eigenvalue weighted by molar-refractivity contribution is 7.89. The first-order valence-corrected chi connectivity index (χ1v) is 9.54. The van der Waals surface area contributed by atoms with Crippen LogP contribution in [0.1, 0.15) is 6.42 Å². The Balaban J connectivity index is 1.75. The van der Waals surface area contributed by atoms with Gasteiger partial charge in [0.25, 0.3) is 0 Å². The zero-order valence-electron chi connectivity index (χ0n) is 13.6. The predicted octanol–water partition coefficient (Wildman–Crippen LogP) is 2.67. The van der Waals surface area contributed by atoms with Crippen molar-refractivity contribution in [3.63, 3.8) is 0 Å². The van der Waals surface area contributed by atoms with E-state index in [-0.39, 0.29) is 11.7 Å². The van der Waals surface area contributed by atoms with E-state index in [4.69, 9.17) is 14.3 Å². The Kier molecular flexibility index (Phi) is 4.60. The minimum Gasteiger partial charge on any atom is -0.494 e. The molecule has 0 spiro atoms. The molecule has 1 fully saturated rings. The topological polar surface area (TPSA) is 75.5 Å². The van der Waals surface area contributed by atoms with Crippen molar-refractivity contribution in [2.45, 2.75) is 6.42 Å². The first-order valence-electron chi connectivity index (χ1n) is 7.62. The summed E-state index contributed by atoms with van der Waals surface area (Å²) < 4.78 is 45.9. The van der Waals surface area contributed by atoms with Crippen molar-refractivity contribution in [1.82, 2.24) is 9.29 Å². The maximum absolute atomic E-state index is 14.0. The summed E-state index contributed by atoms with van der Waals surface area (Å²) >= 11 is 0. The van der Waals surface area contributed by atoms with Crippen LogP contribution in [0.15, 0.2) is 24.4 Å². The van der Waals surface area contributed by atoms with Crippen LogP contribution in [0.25, 0.3) is 10.9 Å². The molecule has 0 unspecified atom stereocenters. The van der Waals surface area contributed by atoms with Crippen LogP contribution in [0.5, 0.6) is 11.5 Å². The molecule has 0 amide bonds. The molecule has 3 rings (SSSR count). The number of hydrogen-bond donors (Lipinski definition) is 1. The van der Waals surface area contributed by atoms with Gasteiger partial charge in [-0.15, -0.1) is 0 Å². The lowest BCUT2D eigenvalue weighted by Gasteiger charge is -2.16. The van der Waals surface area contributed by atoms with E-state index in [1.165, 1.54) is 19.4 Å². The Hall–Kier alpha value is -1.93. The van der Waals surface area contributed by atoms with Gasteiger partial charge in [-0.25, -0.2) is 17.7 Å². The quantitative estimate of drug-likeness (QED) is 0.897. The second kappa shape index (κ2) is 6.52. The van der Waals surface area contributed by atoms with Crippen LogP contribution in [0, 0.1) is 16.5 Å². The molecule has 6 nitrogen and oxygen atoms in total. The molecule has 2 aromatic rings. The lowest BCUT2D eigenvalue weighted by Crippen LogP contribution is -2.27. The minimum absolute atomic E-state index is 0.145. The van der Waals surface area contributed by atoms with Gasteiger partial charge in [-0.2, -0.15) is 0 Å². The molecule has 0 saturated carbocycles. The van der Waals surface area contributed by atoms with Crippen molar-refractivity contribution in [2.75, 3.05) is 33.1 Å². The van der Waals surface area contributed by atoms with Gasteiger partial charge in [0.15, 0.2) is 11.6 Å². The lowest BCUT2D eigenvalue weighted by atomic mass is 10.1. The molecular weight excluding hydrogens is 333 g/mol. The van der Waals surface area contributed by atoms with Crippen LogP contribution in [0.4, 0.5) is 4.39 Å². The highest BCUT2D eigenvalue weighted by atomic mass is 32.2. The van der Waals surface area contributed by atoms with E-state index in [0.717, 1.165) is 6.42 Å². The van der Waals surface area contributed by atoms with E-state index in [0.29, 0.717) is 36.3 Å². The molecule has 0 radical (unpaired) electrons. The van der Waals surface area contributed by atoms with Gasteiger partial charge in [-0.05, 0) is 18.6 Å². The lowest BCUT2D eigenvalue weighted by molar-refractivity contribution is 0.258. The fraction of sp³-hybridized carbons (Fsp3) is 0.438. The molecule has 1 N–H and O–H groups in total. The Bertz CT molecular complexity index is 857. The Morgan fingerprint density at radius 3 is 2.92 bits per heavy atom. The van der Waals surface area contributed by atoms with Crippen molar-refractivity contribution in [2.24, 2.45) is 5.92 Å². The van der Waals surface area contributed by atoms with Gasteiger partial charge in [-0.3, -0.25) is 4.98 Å². The highest BCUT2D eigenvalue weighted by Gasteiger charge is 2.27. The molecule has 130 valence electrons.